The van der Waals surface area contributed by atoms with Gasteiger partial charge in [-0.3, -0.25) is 0 Å². The normalized spacial score (nSPS) is 23.3. The molecule has 1 aliphatic rings. The molecule has 0 saturated carbocycles. The number of quaternary nitrogens is 1. The van der Waals surface area contributed by atoms with Crippen molar-refractivity contribution in [1.82, 2.24) is 5.01 Å². The Balaban J connectivity index is 0.000000472. The van der Waals surface area contributed by atoms with Crippen molar-refractivity contribution in [2.75, 3.05) is 13.6 Å². The Kier molecular flexibility index (Phi) is 7.32. The summed E-state index contributed by atoms with van der Waals surface area (Å²) in [6, 6.07) is -1.42. The van der Waals surface area contributed by atoms with Crippen LogP contribution in [0.3, 0.4) is 0 Å². The van der Waals surface area contributed by atoms with E-state index in [1.165, 1.54) is 18.1 Å². The molecule has 1 N–H and O–H groups in total. The first-order valence-corrected chi connectivity index (χ1v) is 7.48. The number of likely N-dealkylation sites (N-methyl/N-ethyl adjacent to an activating group) is 1. The van der Waals surface area contributed by atoms with Gasteiger partial charge in [0, 0.05) is 13.1 Å². The first kappa shape index (κ1) is 21.1. The minimum absolute atomic E-state index is 0.732. The number of halogens is 6. The lowest BCUT2D eigenvalue weighted by Crippen LogP contribution is -3.13. The molecule has 0 amide bonds. The van der Waals surface area contributed by atoms with E-state index in [1.807, 2.05) is 6.92 Å². The molecule has 0 aliphatic carbocycles. The second-order valence-electron chi connectivity index (χ2n) is 4.45. The maximum atomic E-state index is 12.4. The fourth-order valence-electron chi connectivity index (χ4n) is 1.57. The van der Waals surface area contributed by atoms with Crippen LogP contribution < -0.4 is 5.01 Å². The predicted octanol–water partition coefficient (Wildman–Crippen LogP) is 1.03. The van der Waals surface area contributed by atoms with Gasteiger partial charge in [0.1, 0.15) is 6.20 Å². The number of rotatable bonds is 3. The Bertz CT molecular complexity index is 474. The van der Waals surface area contributed by atoms with Crippen molar-refractivity contribution < 1.29 is 44.3 Å². The van der Waals surface area contributed by atoms with Gasteiger partial charge in [-0.15, -0.1) is 5.01 Å². The molecule has 1 rings (SSSR count). The predicted molar refractivity (Wildman–Crippen MR) is 63.2 cm³/mol. The first-order chi connectivity index (χ1) is 9.71. The molecule has 0 fully saturated rings. The Labute approximate surface area is 123 Å². The standard InChI is InChI=1S/C9H15F3N2.CHF3O3S/c1-3-4-6-14-7-5-8(13(14)2)9(10,11)12;2-1(3,4)8(5,6)7/h5,7-8H,3-4,6H2,1-2H3;(H,5,6,7). The SMILES string of the molecule is CCCC[NH+]1C=CC(C(F)(F)F)N1C.O=S(=O)([O-])C(F)(F)F. The van der Waals surface area contributed by atoms with Crippen molar-refractivity contribution in [2.45, 2.75) is 37.5 Å². The molecule has 0 aromatic carbocycles. The van der Waals surface area contributed by atoms with Gasteiger partial charge in [0.05, 0.1) is 6.54 Å². The summed E-state index contributed by atoms with van der Waals surface area (Å²) >= 11 is 0. The van der Waals surface area contributed by atoms with Gasteiger partial charge in [0.25, 0.3) is 0 Å². The van der Waals surface area contributed by atoms with Gasteiger partial charge in [0.15, 0.2) is 16.2 Å². The topological polar surface area (TPSA) is 64.9 Å². The molecule has 5 nitrogen and oxygen atoms in total. The van der Waals surface area contributed by atoms with Crippen molar-refractivity contribution in [3.05, 3.63) is 12.3 Å². The summed E-state index contributed by atoms with van der Waals surface area (Å²) in [5.41, 5.74) is -5.65. The lowest BCUT2D eigenvalue weighted by atomic mass is 10.3. The van der Waals surface area contributed by atoms with E-state index in [0.29, 0.717) is 0 Å². The average Bonchev–Trinajstić information content (AvgIpc) is 2.65. The maximum absolute atomic E-state index is 12.4. The lowest BCUT2D eigenvalue weighted by Gasteiger charge is -2.25. The average molecular weight is 358 g/mol. The van der Waals surface area contributed by atoms with Crippen molar-refractivity contribution in [1.29, 1.82) is 0 Å². The van der Waals surface area contributed by atoms with E-state index in [-0.39, 0.29) is 0 Å². The Morgan fingerprint density at radius 2 is 1.68 bits per heavy atom. The summed E-state index contributed by atoms with van der Waals surface area (Å²) in [5.74, 6) is 0. The summed E-state index contributed by atoms with van der Waals surface area (Å²) in [5, 5.41) is 2.10. The number of alkyl halides is 6. The Hall–Kier alpha value is -0.850. The molecule has 0 aromatic heterocycles. The third kappa shape index (κ3) is 6.50. The molecule has 2 unspecified atom stereocenters. The molecule has 0 bridgehead atoms. The smallest absolute Gasteiger partial charge is 0.485 e. The number of hydrogen-bond acceptors (Lipinski definition) is 4. The largest absolute Gasteiger partial charge is 0.741 e. The van der Waals surface area contributed by atoms with Crippen LogP contribution in [-0.4, -0.2) is 49.3 Å². The van der Waals surface area contributed by atoms with Gasteiger partial charge < -0.3 is 4.55 Å². The highest BCUT2D eigenvalue weighted by Gasteiger charge is 2.47. The number of nitrogens with zero attached hydrogens (tertiary/aromatic N) is 1. The van der Waals surface area contributed by atoms with Gasteiger partial charge in [-0.2, -0.15) is 26.3 Å². The van der Waals surface area contributed by atoms with E-state index in [4.69, 9.17) is 13.0 Å². The molecule has 1 aliphatic heterocycles. The highest BCUT2D eigenvalue weighted by atomic mass is 32.2. The highest BCUT2D eigenvalue weighted by Crippen LogP contribution is 2.24. The van der Waals surface area contributed by atoms with Crippen LogP contribution in [0.2, 0.25) is 0 Å². The van der Waals surface area contributed by atoms with E-state index in [0.717, 1.165) is 24.4 Å². The molecule has 0 aromatic rings. The van der Waals surface area contributed by atoms with Gasteiger partial charge in [-0.25, -0.2) is 13.4 Å². The van der Waals surface area contributed by atoms with Crippen LogP contribution in [0.5, 0.6) is 0 Å². The van der Waals surface area contributed by atoms with E-state index in [1.54, 1.807) is 6.20 Å². The van der Waals surface area contributed by atoms with E-state index < -0.39 is 27.8 Å². The first-order valence-electron chi connectivity index (χ1n) is 6.07. The fourth-order valence-corrected chi connectivity index (χ4v) is 1.57. The maximum Gasteiger partial charge on any atom is 0.485 e. The highest BCUT2D eigenvalue weighted by molar-refractivity contribution is 7.86. The molecule has 0 saturated heterocycles. The van der Waals surface area contributed by atoms with Crippen LogP contribution >= 0.6 is 0 Å². The van der Waals surface area contributed by atoms with Crippen LogP contribution in [0, 0.1) is 0 Å². The third-order valence-electron chi connectivity index (χ3n) is 2.75. The monoisotopic (exact) mass is 358 g/mol. The van der Waals surface area contributed by atoms with Crippen molar-refractivity contribution in [3.8, 4) is 0 Å². The molecular formula is C10H16F6N2O3S. The third-order valence-corrected chi connectivity index (χ3v) is 3.31. The molecule has 22 heavy (non-hydrogen) atoms. The van der Waals surface area contributed by atoms with Crippen LogP contribution in [0.1, 0.15) is 19.8 Å². The molecule has 0 radical (unpaired) electrons. The minimum Gasteiger partial charge on any atom is -0.741 e. The molecule has 12 heteroatoms. The summed E-state index contributed by atoms with van der Waals surface area (Å²) in [6.07, 6.45) is 0.606. The van der Waals surface area contributed by atoms with Crippen molar-refractivity contribution in [2.24, 2.45) is 0 Å². The number of hydrogen-bond donors (Lipinski definition) is 1. The quantitative estimate of drug-likeness (QED) is 0.465. The van der Waals surface area contributed by atoms with E-state index >= 15 is 0 Å². The fraction of sp³-hybridized carbons (Fsp3) is 0.800. The minimum atomic E-state index is -6.09. The summed E-state index contributed by atoms with van der Waals surface area (Å²) < 4.78 is 96.1. The zero-order valence-corrected chi connectivity index (χ0v) is 12.5. The van der Waals surface area contributed by atoms with Crippen molar-refractivity contribution >= 4 is 10.1 Å². The lowest BCUT2D eigenvalue weighted by molar-refractivity contribution is -0.965. The van der Waals surface area contributed by atoms with Gasteiger partial charge in [0.2, 0.25) is 0 Å². The van der Waals surface area contributed by atoms with Crippen LogP contribution in [0.15, 0.2) is 12.3 Å². The Morgan fingerprint density at radius 1 is 1.23 bits per heavy atom. The zero-order chi connectivity index (χ0) is 17.8. The molecule has 132 valence electrons. The summed E-state index contributed by atoms with van der Waals surface area (Å²) in [6.45, 7) is 2.76. The van der Waals surface area contributed by atoms with Gasteiger partial charge in [-0.1, -0.05) is 13.3 Å². The van der Waals surface area contributed by atoms with E-state index in [2.05, 4.69) is 0 Å². The molecule has 0 spiro atoms. The zero-order valence-electron chi connectivity index (χ0n) is 11.7. The Morgan fingerprint density at radius 3 is 1.95 bits per heavy atom. The number of unbranched alkanes of at least 4 members (excludes halogenated alkanes) is 1. The van der Waals surface area contributed by atoms with Gasteiger partial charge in [-0.05, 0) is 6.42 Å². The number of nitrogens with one attached hydrogen (secondary N) is 1. The second kappa shape index (κ2) is 7.62. The molecule has 2 atom stereocenters. The molecule has 1 heterocycles. The van der Waals surface area contributed by atoms with Crippen LogP contribution in [0.25, 0.3) is 0 Å². The van der Waals surface area contributed by atoms with Crippen molar-refractivity contribution in [3.63, 3.8) is 0 Å². The van der Waals surface area contributed by atoms with E-state index in [9.17, 15) is 26.3 Å². The summed E-state index contributed by atoms with van der Waals surface area (Å²) in [7, 11) is -4.59. The van der Waals surface area contributed by atoms with Crippen LogP contribution in [0.4, 0.5) is 26.3 Å². The summed E-state index contributed by atoms with van der Waals surface area (Å²) in [4.78, 5) is 0. The van der Waals surface area contributed by atoms with Crippen LogP contribution in [-0.2, 0) is 10.1 Å². The molecular weight excluding hydrogens is 342 g/mol. The second-order valence-corrected chi connectivity index (χ2v) is 5.82. The van der Waals surface area contributed by atoms with Gasteiger partial charge >= 0.3 is 11.7 Å².